The predicted molar refractivity (Wildman–Crippen MR) is 85.3 cm³/mol. The van der Waals surface area contributed by atoms with Crippen LogP contribution in [0.15, 0.2) is 24.3 Å². The molecule has 0 radical (unpaired) electrons. The second-order valence-electron chi connectivity index (χ2n) is 6.37. The van der Waals surface area contributed by atoms with E-state index in [-0.39, 0.29) is 0 Å². The van der Waals surface area contributed by atoms with E-state index in [9.17, 15) is 0 Å². The van der Waals surface area contributed by atoms with E-state index in [0.717, 1.165) is 37.0 Å². The third-order valence-electron chi connectivity index (χ3n) is 4.17. The number of hydrogen-bond donors (Lipinski definition) is 0. The minimum atomic E-state index is 0.830. The van der Waals surface area contributed by atoms with Crippen molar-refractivity contribution in [3.63, 3.8) is 0 Å². The normalized spacial score (nSPS) is 23.8. The number of aryl methyl sites for hydroxylation is 1. The van der Waals surface area contributed by atoms with Crippen molar-refractivity contribution in [1.29, 1.82) is 0 Å². The SMILES string of the molecule is CCc1ccccc1OCCCN1CC(C)CC(C)C1. The fraction of sp³-hybridized carbons (Fsp3) is 0.667. The first kappa shape index (κ1) is 15.4. The summed E-state index contributed by atoms with van der Waals surface area (Å²) in [4.78, 5) is 2.61. The molecule has 1 aliphatic heterocycles. The van der Waals surface area contributed by atoms with Crippen molar-refractivity contribution in [2.45, 2.75) is 40.0 Å². The summed E-state index contributed by atoms with van der Waals surface area (Å²) in [6.45, 7) is 11.4. The van der Waals surface area contributed by atoms with E-state index in [1.54, 1.807) is 0 Å². The van der Waals surface area contributed by atoms with E-state index < -0.39 is 0 Å². The summed E-state index contributed by atoms with van der Waals surface area (Å²) < 4.78 is 5.95. The van der Waals surface area contributed by atoms with Crippen LogP contribution in [0.1, 0.15) is 39.2 Å². The van der Waals surface area contributed by atoms with Gasteiger partial charge in [0.05, 0.1) is 6.61 Å². The zero-order chi connectivity index (χ0) is 14.4. The van der Waals surface area contributed by atoms with E-state index >= 15 is 0 Å². The molecule has 0 saturated carbocycles. The molecule has 112 valence electrons. The molecule has 2 heteroatoms. The molecule has 1 saturated heterocycles. The zero-order valence-corrected chi connectivity index (χ0v) is 13.3. The zero-order valence-electron chi connectivity index (χ0n) is 13.3. The molecule has 0 aromatic heterocycles. The summed E-state index contributed by atoms with van der Waals surface area (Å²) in [7, 11) is 0. The van der Waals surface area contributed by atoms with Gasteiger partial charge in [0, 0.05) is 19.6 Å². The Bertz CT molecular complexity index is 394. The first-order valence-electron chi connectivity index (χ1n) is 8.12. The summed E-state index contributed by atoms with van der Waals surface area (Å²) in [6, 6.07) is 8.39. The van der Waals surface area contributed by atoms with Crippen molar-refractivity contribution in [3.05, 3.63) is 29.8 Å². The van der Waals surface area contributed by atoms with Crippen LogP contribution in [0, 0.1) is 11.8 Å². The summed E-state index contributed by atoms with van der Waals surface area (Å²) in [5, 5.41) is 0. The first-order valence-corrected chi connectivity index (χ1v) is 8.12. The molecule has 0 bridgehead atoms. The first-order chi connectivity index (χ1) is 9.69. The van der Waals surface area contributed by atoms with Crippen molar-refractivity contribution < 1.29 is 4.74 Å². The highest BCUT2D eigenvalue weighted by Crippen LogP contribution is 2.21. The second-order valence-corrected chi connectivity index (χ2v) is 6.37. The van der Waals surface area contributed by atoms with E-state index in [1.165, 1.54) is 31.6 Å². The number of rotatable bonds is 6. The Hall–Kier alpha value is -1.02. The summed E-state index contributed by atoms with van der Waals surface area (Å²) in [5.41, 5.74) is 1.31. The molecule has 20 heavy (non-hydrogen) atoms. The molecule has 0 aliphatic carbocycles. The molecule has 1 aromatic carbocycles. The molecular weight excluding hydrogens is 246 g/mol. The van der Waals surface area contributed by atoms with Crippen LogP contribution in [0.25, 0.3) is 0 Å². The highest BCUT2D eigenvalue weighted by Gasteiger charge is 2.20. The molecule has 0 spiro atoms. The van der Waals surface area contributed by atoms with Gasteiger partial charge in [0.15, 0.2) is 0 Å². The molecule has 1 aliphatic rings. The fourth-order valence-corrected chi connectivity index (χ4v) is 3.38. The lowest BCUT2D eigenvalue weighted by molar-refractivity contribution is 0.132. The van der Waals surface area contributed by atoms with Crippen LogP contribution >= 0.6 is 0 Å². The lowest BCUT2D eigenvalue weighted by Gasteiger charge is -2.34. The number of likely N-dealkylation sites (tertiary alicyclic amines) is 1. The third-order valence-corrected chi connectivity index (χ3v) is 4.17. The number of benzene rings is 1. The van der Waals surface area contributed by atoms with Gasteiger partial charge in [-0.25, -0.2) is 0 Å². The Kier molecular flexibility index (Phi) is 5.90. The van der Waals surface area contributed by atoms with Gasteiger partial charge in [-0.15, -0.1) is 0 Å². The highest BCUT2D eigenvalue weighted by atomic mass is 16.5. The Balaban J connectivity index is 1.71. The minimum Gasteiger partial charge on any atom is -0.493 e. The van der Waals surface area contributed by atoms with Crippen molar-refractivity contribution in [3.8, 4) is 5.75 Å². The summed E-state index contributed by atoms with van der Waals surface area (Å²) >= 11 is 0. The number of nitrogens with zero attached hydrogens (tertiary/aromatic N) is 1. The largest absolute Gasteiger partial charge is 0.493 e. The van der Waals surface area contributed by atoms with Crippen LogP contribution < -0.4 is 4.74 Å². The van der Waals surface area contributed by atoms with E-state index in [4.69, 9.17) is 4.74 Å². The molecule has 0 amide bonds. The minimum absolute atomic E-state index is 0.830. The summed E-state index contributed by atoms with van der Waals surface area (Å²) in [5.74, 6) is 2.76. The van der Waals surface area contributed by atoms with Crippen molar-refractivity contribution in [2.24, 2.45) is 11.8 Å². The van der Waals surface area contributed by atoms with E-state index in [1.807, 2.05) is 0 Å². The van der Waals surface area contributed by atoms with Gasteiger partial charge in [-0.3, -0.25) is 0 Å². The van der Waals surface area contributed by atoms with Crippen molar-refractivity contribution >= 4 is 0 Å². The predicted octanol–water partition coefficient (Wildman–Crippen LogP) is 4.00. The van der Waals surface area contributed by atoms with Gasteiger partial charge in [-0.2, -0.15) is 0 Å². The average Bonchev–Trinajstić information content (AvgIpc) is 2.43. The number of piperidine rings is 1. The maximum Gasteiger partial charge on any atom is 0.122 e. The Morgan fingerprint density at radius 2 is 1.85 bits per heavy atom. The molecule has 1 fully saturated rings. The lowest BCUT2D eigenvalue weighted by atomic mass is 9.92. The quantitative estimate of drug-likeness (QED) is 0.728. The summed E-state index contributed by atoms with van der Waals surface area (Å²) in [6.07, 6.45) is 3.55. The van der Waals surface area contributed by atoms with Crippen LogP contribution in [-0.4, -0.2) is 31.1 Å². The van der Waals surface area contributed by atoms with Crippen LogP contribution in [0.2, 0.25) is 0 Å². The van der Waals surface area contributed by atoms with Crippen LogP contribution in [0.3, 0.4) is 0 Å². The van der Waals surface area contributed by atoms with Crippen molar-refractivity contribution in [2.75, 3.05) is 26.2 Å². The van der Waals surface area contributed by atoms with Gasteiger partial charge >= 0.3 is 0 Å². The van der Waals surface area contributed by atoms with Crippen LogP contribution in [0.5, 0.6) is 5.75 Å². The molecule has 2 nitrogen and oxygen atoms in total. The monoisotopic (exact) mass is 275 g/mol. The Morgan fingerprint density at radius 1 is 1.15 bits per heavy atom. The standard InChI is InChI=1S/C18H29NO/c1-4-17-8-5-6-9-18(17)20-11-7-10-19-13-15(2)12-16(3)14-19/h5-6,8-9,15-16H,4,7,10-14H2,1-3H3. The van der Waals surface area contributed by atoms with Crippen molar-refractivity contribution in [1.82, 2.24) is 4.90 Å². The van der Waals surface area contributed by atoms with Gasteiger partial charge < -0.3 is 9.64 Å². The van der Waals surface area contributed by atoms with Gasteiger partial charge in [0.2, 0.25) is 0 Å². The topological polar surface area (TPSA) is 12.5 Å². The molecule has 2 unspecified atom stereocenters. The fourth-order valence-electron chi connectivity index (χ4n) is 3.38. The van der Waals surface area contributed by atoms with Gasteiger partial charge in [0.1, 0.15) is 5.75 Å². The number of ether oxygens (including phenoxy) is 1. The molecule has 2 atom stereocenters. The van der Waals surface area contributed by atoms with Gasteiger partial charge in [-0.1, -0.05) is 39.0 Å². The lowest BCUT2D eigenvalue weighted by Crippen LogP contribution is -2.39. The molecular formula is C18H29NO. The number of para-hydroxylation sites is 1. The Labute approximate surface area is 124 Å². The molecule has 2 rings (SSSR count). The smallest absolute Gasteiger partial charge is 0.122 e. The second kappa shape index (κ2) is 7.68. The van der Waals surface area contributed by atoms with Gasteiger partial charge in [0.25, 0.3) is 0 Å². The van der Waals surface area contributed by atoms with Gasteiger partial charge in [-0.05, 0) is 42.7 Å². The number of hydrogen-bond acceptors (Lipinski definition) is 2. The maximum atomic E-state index is 5.95. The molecule has 1 heterocycles. The van der Waals surface area contributed by atoms with E-state index in [2.05, 4.69) is 49.9 Å². The van der Waals surface area contributed by atoms with Crippen LogP contribution in [-0.2, 0) is 6.42 Å². The van der Waals surface area contributed by atoms with Crippen LogP contribution in [0.4, 0.5) is 0 Å². The average molecular weight is 275 g/mol. The Morgan fingerprint density at radius 3 is 2.55 bits per heavy atom. The third kappa shape index (κ3) is 4.52. The highest BCUT2D eigenvalue weighted by molar-refractivity contribution is 5.33. The maximum absolute atomic E-state index is 5.95. The molecule has 0 N–H and O–H groups in total. The molecule has 1 aromatic rings. The van der Waals surface area contributed by atoms with E-state index in [0.29, 0.717) is 0 Å².